The lowest BCUT2D eigenvalue weighted by Crippen LogP contribution is -2.02. The smallest absolute Gasteiger partial charge is 0.135 e. The van der Waals surface area contributed by atoms with Crippen LogP contribution in [0.4, 0.5) is 17.3 Å². The summed E-state index contributed by atoms with van der Waals surface area (Å²) in [6.07, 6.45) is 1.53. The number of benzene rings is 1. The van der Waals surface area contributed by atoms with Crippen molar-refractivity contribution in [1.82, 2.24) is 9.97 Å². The van der Waals surface area contributed by atoms with Crippen molar-refractivity contribution in [1.29, 1.82) is 0 Å². The first-order chi connectivity index (χ1) is 8.69. The van der Waals surface area contributed by atoms with Crippen LogP contribution in [0.1, 0.15) is 12.5 Å². The molecule has 18 heavy (non-hydrogen) atoms. The zero-order valence-electron chi connectivity index (χ0n) is 10.4. The van der Waals surface area contributed by atoms with E-state index in [0.717, 1.165) is 34.5 Å². The number of aryl methyl sites for hydroxylation is 1. The number of nitrogens with zero attached hydrogens (tertiary/aromatic N) is 2. The molecular weight excluding hydrogens is 248 g/mol. The Morgan fingerprint density at radius 1 is 1.17 bits per heavy atom. The molecule has 1 aromatic carbocycles. The van der Waals surface area contributed by atoms with E-state index in [0.29, 0.717) is 0 Å². The van der Waals surface area contributed by atoms with Crippen molar-refractivity contribution >= 4 is 28.9 Å². The van der Waals surface area contributed by atoms with Gasteiger partial charge in [-0.15, -0.1) is 0 Å². The molecule has 0 radical (unpaired) electrons. The van der Waals surface area contributed by atoms with E-state index in [1.165, 1.54) is 6.33 Å². The second-order valence-electron chi connectivity index (χ2n) is 3.90. The van der Waals surface area contributed by atoms with Gasteiger partial charge in [-0.25, -0.2) is 9.97 Å². The standard InChI is InChI=1S/C13H15ClN4/c1-3-15-12-7-13(17-8-16-12)18-11-5-4-10(14)6-9(11)2/h4-8H,3H2,1-2H3,(H2,15,16,17,18). The van der Waals surface area contributed by atoms with Gasteiger partial charge in [-0.05, 0) is 37.6 Å². The van der Waals surface area contributed by atoms with E-state index < -0.39 is 0 Å². The fraction of sp³-hybridized carbons (Fsp3) is 0.231. The second-order valence-corrected chi connectivity index (χ2v) is 4.34. The maximum Gasteiger partial charge on any atom is 0.135 e. The van der Waals surface area contributed by atoms with Crippen LogP contribution in [-0.2, 0) is 0 Å². The minimum absolute atomic E-state index is 0.731. The van der Waals surface area contributed by atoms with E-state index in [1.54, 1.807) is 0 Å². The lowest BCUT2D eigenvalue weighted by atomic mass is 10.2. The van der Waals surface area contributed by atoms with Crippen LogP contribution in [-0.4, -0.2) is 16.5 Å². The number of hydrogen-bond acceptors (Lipinski definition) is 4. The van der Waals surface area contributed by atoms with E-state index in [1.807, 2.05) is 38.1 Å². The molecule has 0 aliphatic carbocycles. The summed E-state index contributed by atoms with van der Waals surface area (Å²) in [6, 6.07) is 7.57. The molecule has 2 rings (SSSR count). The molecule has 1 aromatic heterocycles. The van der Waals surface area contributed by atoms with Crippen molar-refractivity contribution in [2.75, 3.05) is 17.2 Å². The molecule has 0 amide bonds. The van der Waals surface area contributed by atoms with Gasteiger partial charge in [0.1, 0.15) is 18.0 Å². The van der Waals surface area contributed by atoms with Gasteiger partial charge in [0, 0.05) is 23.3 Å². The second kappa shape index (κ2) is 5.69. The van der Waals surface area contributed by atoms with Crippen LogP contribution in [0.15, 0.2) is 30.6 Å². The molecule has 2 aromatic rings. The van der Waals surface area contributed by atoms with Crippen LogP contribution in [0.2, 0.25) is 5.02 Å². The maximum atomic E-state index is 5.92. The topological polar surface area (TPSA) is 49.8 Å². The predicted octanol–water partition coefficient (Wildman–Crippen LogP) is 3.61. The van der Waals surface area contributed by atoms with E-state index in [2.05, 4.69) is 20.6 Å². The fourth-order valence-corrected chi connectivity index (χ4v) is 1.84. The summed E-state index contributed by atoms with van der Waals surface area (Å²) in [6.45, 7) is 4.86. The van der Waals surface area contributed by atoms with Gasteiger partial charge in [-0.1, -0.05) is 11.6 Å². The first kappa shape index (κ1) is 12.6. The predicted molar refractivity (Wildman–Crippen MR) is 75.7 cm³/mol. The minimum Gasteiger partial charge on any atom is -0.370 e. The van der Waals surface area contributed by atoms with Gasteiger partial charge in [-0.3, -0.25) is 0 Å². The summed E-state index contributed by atoms with van der Waals surface area (Å²) in [5.74, 6) is 1.56. The third-order valence-electron chi connectivity index (χ3n) is 2.48. The van der Waals surface area contributed by atoms with Crippen LogP contribution in [0.25, 0.3) is 0 Å². The molecule has 0 aliphatic heterocycles. The van der Waals surface area contributed by atoms with Crippen molar-refractivity contribution in [3.63, 3.8) is 0 Å². The lowest BCUT2D eigenvalue weighted by Gasteiger charge is -2.10. The highest BCUT2D eigenvalue weighted by Gasteiger charge is 2.02. The normalized spacial score (nSPS) is 10.2. The van der Waals surface area contributed by atoms with Gasteiger partial charge < -0.3 is 10.6 Å². The van der Waals surface area contributed by atoms with E-state index in [4.69, 9.17) is 11.6 Å². The number of hydrogen-bond donors (Lipinski definition) is 2. The number of anilines is 3. The molecule has 4 nitrogen and oxygen atoms in total. The summed E-state index contributed by atoms with van der Waals surface area (Å²) >= 11 is 5.92. The Bertz CT molecular complexity index is 542. The van der Waals surface area contributed by atoms with Crippen molar-refractivity contribution in [3.05, 3.63) is 41.2 Å². The molecule has 0 saturated carbocycles. The van der Waals surface area contributed by atoms with E-state index >= 15 is 0 Å². The molecule has 5 heteroatoms. The number of aromatic nitrogens is 2. The van der Waals surface area contributed by atoms with E-state index in [9.17, 15) is 0 Å². The molecule has 0 bridgehead atoms. The van der Waals surface area contributed by atoms with Crippen LogP contribution < -0.4 is 10.6 Å². The quantitative estimate of drug-likeness (QED) is 0.884. The highest BCUT2D eigenvalue weighted by Crippen LogP contribution is 2.23. The third kappa shape index (κ3) is 3.11. The average Bonchev–Trinajstić information content (AvgIpc) is 2.34. The average molecular weight is 263 g/mol. The Morgan fingerprint density at radius 3 is 2.67 bits per heavy atom. The zero-order chi connectivity index (χ0) is 13.0. The summed E-state index contributed by atoms with van der Waals surface area (Å²) in [5, 5.41) is 7.12. The maximum absolute atomic E-state index is 5.92. The van der Waals surface area contributed by atoms with Crippen LogP contribution in [0.5, 0.6) is 0 Å². The van der Waals surface area contributed by atoms with Gasteiger partial charge in [0.15, 0.2) is 0 Å². The first-order valence-electron chi connectivity index (χ1n) is 5.78. The van der Waals surface area contributed by atoms with Crippen molar-refractivity contribution < 1.29 is 0 Å². The highest BCUT2D eigenvalue weighted by atomic mass is 35.5. The molecule has 0 atom stereocenters. The number of halogens is 1. The largest absolute Gasteiger partial charge is 0.370 e. The van der Waals surface area contributed by atoms with Gasteiger partial charge in [0.25, 0.3) is 0 Å². The molecule has 2 N–H and O–H groups in total. The van der Waals surface area contributed by atoms with E-state index in [-0.39, 0.29) is 0 Å². The van der Waals surface area contributed by atoms with Gasteiger partial charge in [0.2, 0.25) is 0 Å². The minimum atomic E-state index is 0.731. The van der Waals surface area contributed by atoms with Crippen LogP contribution in [0, 0.1) is 6.92 Å². The van der Waals surface area contributed by atoms with Crippen molar-refractivity contribution in [2.24, 2.45) is 0 Å². The summed E-state index contributed by atoms with van der Waals surface area (Å²) < 4.78 is 0. The molecule has 0 fully saturated rings. The molecule has 1 heterocycles. The molecule has 0 spiro atoms. The summed E-state index contributed by atoms with van der Waals surface area (Å²) in [4.78, 5) is 8.31. The Balaban J connectivity index is 2.20. The van der Waals surface area contributed by atoms with Gasteiger partial charge in [0.05, 0.1) is 0 Å². The monoisotopic (exact) mass is 262 g/mol. The molecule has 0 saturated heterocycles. The Morgan fingerprint density at radius 2 is 1.94 bits per heavy atom. The number of rotatable bonds is 4. The fourth-order valence-electron chi connectivity index (χ4n) is 1.61. The Kier molecular flexibility index (Phi) is 3.99. The summed E-state index contributed by atoms with van der Waals surface area (Å²) in [5.41, 5.74) is 2.06. The SMILES string of the molecule is CCNc1cc(Nc2ccc(Cl)cc2C)ncn1. The molecular formula is C13H15ClN4. The zero-order valence-corrected chi connectivity index (χ0v) is 11.1. The molecule has 94 valence electrons. The number of nitrogens with one attached hydrogen (secondary N) is 2. The van der Waals surface area contributed by atoms with Gasteiger partial charge >= 0.3 is 0 Å². The lowest BCUT2D eigenvalue weighted by molar-refractivity contribution is 1.11. The summed E-state index contributed by atoms with van der Waals surface area (Å²) in [7, 11) is 0. The van der Waals surface area contributed by atoms with Crippen molar-refractivity contribution in [3.8, 4) is 0 Å². The third-order valence-corrected chi connectivity index (χ3v) is 2.71. The Labute approximate surface area is 111 Å². The van der Waals surface area contributed by atoms with Crippen LogP contribution in [0.3, 0.4) is 0 Å². The van der Waals surface area contributed by atoms with Crippen molar-refractivity contribution in [2.45, 2.75) is 13.8 Å². The van der Waals surface area contributed by atoms with Gasteiger partial charge in [-0.2, -0.15) is 0 Å². The highest BCUT2D eigenvalue weighted by molar-refractivity contribution is 6.30. The molecule has 0 unspecified atom stereocenters. The Hall–Kier alpha value is -1.81. The van der Waals surface area contributed by atoms with Crippen LogP contribution >= 0.6 is 11.6 Å². The molecule has 0 aliphatic rings. The first-order valence-corrected chi connectivity index (χ1v) is 6.16.